The van der Waals surface area contributed by atoms with Crippen LogP contribution in [-0.4, -0.2) is 5.84 Å². The summed E-state index contributed by atoms with van der Waals surface area (Å²) < 4.78 is 26.8. The molecule has 0 atom stereocenters. The topological polar surface area (TPSA) is 49.9 Å². The summed E-state index contributed by atoms with van der Waals surface area (Å²) in [6.45, 7) is 0. The van der Waals surface area contributed by atoms with E-state index < -0.39 is 11.8 Å². The molecule has 0 aliphatic heterocycles. The summed E-state index contributed by atoms with van der Waals surface area (Å²) in [4.78, 5) is 0. The van der Waals surface area contributed by atoms with E-state index in [1.807, 2.05) is 0 Å². The molecule has 0 aromatic heterocycles. The molecule has 70 valence electrons. The molecule has 0 aliphatic rings. The lowest BCUT2D eigenvalue weighted by Crippen LogP contribution is -2.32. The highest BCUT2D eigenvalue weighted by atomic mass is 79.9. The summed E-state index contributed by atoms with van der Waals surface area (Å²) >= 11 is 3.12. The zero-order valence-electron chi connectivity index (χ0n) is 6.52. The summed E-state index contributed by atoms with van der Waals surface area (Å²) in [6.07, 6.45) is 0. The zero-order valence-corrected chi connectivity index (χ0v) is 8.11. The van der Waals surface area contributed by atoms with Crippen LogP contribution in [0.3, 0.4) is 0 Å². The van der Waals surface area contributed by atoms with Crippen LogP contribution in [0.5, 0.6) is 0 Å². The standard InChI is InChI=1S/C8H7BrF2N2/c9-6-3-1-5(2-4-6)8(10,11)7(12)13/h1-4H,(H3,12,13). The Bertz CT molecular complexity index is 321. The van der Waals surface area contributed by atoms with E-state index in [9.17, 15) is 8.78 Å². The van der Waals surface area contributed by atoms with Gasteiger partial charge in [0.15, 0.2) is 5.84 Å². The number of nitrogens with one attached hydrogen (secondary N) is 1. The number of benzene rings is 1. The van der Waals surface area contributed by atoms with Crippen LogP contribution in [0, 0.1) is 5.41 Å². The lowest BCUT2D eigenvalue weighted by atomic mass is 10.1. The highest BCUT2D eigenvalue weighted by molar-refractivity contribution is 9.10. The molecule has 2 nitrogen and oxygen atoms in total. The highest BCUT2D eigenvalue weighted by Crippen LogP contribution is 2.28. The first-order chi connectivity index (χ1) is 5.94. The van der Waals surface area contributed by atoms with Gasteiger partial charge in [0.05, 0.1) is 0 Å². The third-order valence-corrected chi connectivity index (χ3v) is 2.07. The van der Waals surface area contributed by atoms with Gasteiger partial charge < -0.3 is 5.73 Å². The first-order valence-corrected chi connectivity index (χ1v) is 4.22. The van der Waals surface area contributed by atoms with Crippen molar-refractivity contribution in [2.24, 2.45) is 5.73 Å². The number of alkyl halides is 2. The van der Waals surface area contributed by atoms with E-state index in [0.717, 1.165) is 0 Å². The summed E-state index contributed by atoms with van der Waals surface area (Å²) in [5.41, 5.74) is 4.49. The van der Waals surface area contributed by atoms with Crippen molar-refractivity contribution < 1.29 is 8.78 Å². The van der Waals surface area contributed by atoms with Gasteiger partial charge in [-0.05, 0) is 12.1 Å². The number of hydrogen-bond donors (Lipinski definition) is 2. The molecule has 0 unspecified atom stereocenters. The van der Waals surface area contributed by atoms with Crippen LogP contribution >= 0.6 is 15.9 Å². The zero-order chi connectivity index (χ0) is 10.1. The largest absolute Gasteiger partial charge is 0.382 e. The molecule has 1 aromatic carbocycles. The van der Waals surface area contributed by atoms with E-state index in [0.29, 0.717) is 4.47 Å². The fourth-order valence-corrected chi connectivity index (χ4v) is 1.08. The number of amidine groups is 1. The molecule has 0 radical (unpaired) electrons. The Balaban J connectivity index is 3.08. The van der Waals surface area contributed by atoms with Gasteiger partial charge in [0.25, 0.3) is 0 Å². The normalized spacial score (nSPS) is 11.3. The molecule has 13 heavy (non-hydrogen) atoms. The lowest BCUT2D eigenvalue weighted by molar-refractivity contribution is 0.0734. The number of nitrogens with two attached hydrogens (primary N) is 1. The molecule has 0 bridgehead atoms. The average molecular weight is 249 g/mol. The Morgan fingerprint density at radius 2 is 1.77 bits per heavy atom. The first-order valence-electron chi connectivity index (χ1n) is 3.43. The van der Waals surface area contributed by atoms with Gasteiger partial charge in [-0.2, -0.15) is 8.78 Å². The van der Waals surface area contributed by atoms with Gasteiger partial charge in [-0.15, -0.1) is 0 Å². The second kappa shape index (κ2) is 3.41. The van der Waals surface area contributed by atoms with E-state index in [4.69, 9.17) is 11.1 Å². The Hall–Kier alpha value is -0.970. The monoisotopic (exact) mass is 248 g/mol. The van der Waals surface area contributed by atoms with Crippen LogP contribution in [0.15, 0.2) is 28.7 Å². The average Bonchev–Trinajstić information content (AvgIpc) is 2.04. The van der Waals surface area contributed by atoms with Crippen LogP contribution in [0.25, 0.3) is 0 Å². The molecule has 0 aliphatic carbocycles. The van der Waals surface area contributed by atoms with Gasteiger partial charge in [-0.3, -0.25) is 5.41 Å². The van der Waals surface area contributed by atoms with Crippen LogP contribution in [0.2, 0.25) is 0 Å². The van der Waals surface area contributed by atoms with Gasteiger partial charge in [-0.1, -0.05) is 28.1 Å². The maximum absolute atomic E-state index is 13.0. The van der Waals surface area contributed by atoms with Crippen molar-refractivity contribution in [1.29, 1.82) is 5.41 Å². The third kappa shape index (κ3) is 2.03. The summed E-state index contributed by atoms with van der Waals surface area (Å²) in [7, 11) is 0. The number of halogens is 3. The van der Waals surface area contributed by atoms with Gasteiger partial charge in [0, 0.05) is 10.0 Å². The van der Waals surface area contributed by atoms with Crippen molar-refractivity contribution in [1.82, 2.24) is 0 Å². The second-order valence-electron chi connectivity index (χ2n) is 2.49. The molecular weight excluding hydrogens is 242 g/mol. The molecular formula is C8H7BrF2N2. The summed E-state index contributed by atoms with van der Waals surface area (Å²) in [6, 6.07) is 5.41. The molecule has 0 saturated heterocycles. The fraction of sp³-hybridized carbons (Fsp3) is 0.125. The maximum atomic E-state index is 13.0. The van der Waals surface area contributed by atoms with Crippen molar-refractivity contribution in [3.63, 3.8) is 0 Å². The van der Waals surface area contributed by atoms with Crippen molar-refractivity contribution in [3.05, 3.63) is 34.3 Å². The predicted octanol–water partition coefficient (Wildman–Crippen LogP) is 2.48. The fourth-order valence-electron chi connectivity index (χ4n) is 0.815. The lowest BCUT2D eigenvalue weighted by Gasteiger charge is -2.14. The van der Waals surface area contributed by atoms with E-state index in [1.54, 1.807) is 0 Å². The van der Waals surface area contributed by atoms with Gasteiger partial charge in [-0.25, -0.2) is 0 Å². The Kier molecular flexibility index (Phi) is 2.66. The van der Waals surface area contributed by atoms with Crippen molar-refractivity contribution in [2.75, 3.05) is 0 Å². The van der Waals surface area contributed by atoms with E-state index in [1.165, 1.54) is 24.3 Å². The van der Waals surface area contributed by atoms with Gasteiger partial charge in [0.2, 0.25) is 0 Å². The SMILES string of the molecule is N=C(N)C(F)(F)c1ccc(Br)cc1. The summed E-state index contributed by atoms with van der Waals surface area (Å²) in [5.74, 6) is -4.52. The molecule has 0 fully saturated rings. The smallest absolute Gasteiger partial charge is 0.328 e. The van der Waals surface area contributed by atoms with Crippen LogP contribution in [0.1, 0.15) is 5.56 Å². The summed E-state index contributed by atoms with van der Waals surface area (Å²) in [5, 5.41) is 6.70. The molecule has 0 heterocycles. The molecule has 0 spiro atoms. The van der Waals surface area contributed by atoms with Crippen LogP contribution in [0.4, 0.5) is 8.78 Å². The number of hydrogen-bond acceptors (Lipinski definition) is 1. The van der Waals surface area contributed by atoms with Crippen LogP contribution in [-0.2, 0) is 5.92 Å². The quantitative estimate of drug-likeness (QED) is 0.613. The van der Waals surface area contributed by atoms with Crippen molar-refractivity contribution in [2.45, 2.75) is 5.92 Å². The molecule has 0 saturated carbocycles. The molecule has 0 amide bonds. The minimum atomic E-state index is -3.37. The Morgan fingerprint density at radius 3 is 2.15 bits per heavy atom. The van der Waals surface area contributed by atoms with Crippen molar-refractivity contribution >= 4 is 21.8 Å². The minimum absolute atomic E-state index is 0.275. The Labute approximate surface area is 82.4 Å². The van der Waals surface area contributed by atoms with Gasteiger partial charge >= 0.3 is 5.92 Å². The van der Waals surface area contributed by atoms with Crippen LogP contribution < -0.4 is 5.73 Å². The van der Waals surface area contributed by atoms with E-state index >= 15 is 0 Å². The van der Waals surface area contributed by atoms with Gasteiger partial charge in [0.1, 0.15) is 0 Å². The third-order valence-electron chi connectivity index (χ3n) is 1.55. The second-order valence-corrected chi connectivity index (χ2v) is 3.41. The maximum Gasteiger partial charge on any atom is 0.328 e. The van der Waals surface area contributed by atoms with Crippen molar-refractivity contribution in [3.8, 4) is 0 Å². The number of rotatable bonds is 2. The molecule has 1 aromatic rings. The van der Waals surface area contributed by atoms with E-state index in [2.05, 4.69) is 15.9 Å². The highest BCUT2D eigenvalue weighted by Gasteiger charge is 2.35. The molecule has 5 heteroatoms. The first kappa shape index (κ1) is 10.1. The minimum Gasteiger partial charge on any atom is -0.382 e. The van der Waals surface area contributed by atoms with E-state index in [-0.39, 0.29) is 5.56 Å². The predicted molar refractivity (Wildman–Crippen MR) is 50.0 cm³/mol. The molecule has 1 rings (SSSR count). The molecule has 3 N–H and O–H groups in total. The Morgan fingerprint density at radius 1 is 1.31 bits per heavy atom.